The molecule has 710 valence electrons. The molecule has 4 aromatic heterocycles. The predicted molar refractivity (Wildman–Crippen MR) is 505 cm³/mol. The normalized spacial score (nSPS) is 15.5. The highest BCUT2D eigenvalue weighted by molar-refractivity contribution is 6.39. The van der Waals surface area contributed by atoms with Gasteiger partial charge in [-0.15, -0.1) is 0 Å². The van der Waals surface area contributed by atoms with Gasteiger partial charge in [-0.2, -0.15) is 52.7 Å². The number of nitrogens with zero attached hydrogens (tertiary/aromatic N) is 9. The fraction of sp³-hybridized carbons (Fsp3) is 0.406. The van der Waals surface area contributed by atoms with Crippen LogP contribution in [0, 0.1) is 32.6 Å². The van der Waals surface area contributed by atoms with Gasteiger partial charge in [-0.1, -0.05) is 114 Å². The average Bonchev–Trinajstić information content (AvgIpc) is 1.64. The summed E-state index contributed by atoms with van der Waals surface area (Å²) in [5.74, 6) is 0.906. The maximum absolute atomic E-state index is 13.4. The van der Waals surface area contributed by atoms with Crippen LogP contribution in [-0.4, -0.2) is 146 Å². The van der Waals surface area contributed by atoms with Gasteiger partial charge >= 0.3 is 24.7 Å². The minimum absolute atomic E-state index is 0.0241. The van der Waals surface area contributed by atoms with Gasteiger partial charge in [0.25, 0.3) is 23.6 Å². The molecule has 0 saturated carbocycles. The Morgan fingerprint density at radius 1 is 0.406 bits per heavy atom. The van der Waals surface area contributed by atoms with E-state index in [1.54, 1.807) is 96.9 Å². The molecule has 1 unspecified atom stereocenters. The molecule has 0 bridgehead atoms. The highest BCUT2D eigenvalue weighted by Crippen LogP contribution is 2.44. The zero-order valence-electron chi connectivity index (χ0n) is 75.8. The molecular formula is C101H105Cl6F12N9O5. The number of likely N-dealkylation sites (tertiary alicyclic amines) is 4. The molecule has 32 heteroatoms. The van der Waals surface area contributed by atoms with Crippen LogP contribution in [0.3, 0.4) is 0 Å². The van der Waals surface area contributed by atoms with Crippen molar-refractivity contribution in [3.8, 4) is 0 Å². The molecule has 4 aliphatic rings. The van der Waals surface area contributed by atoms with Gasteiger partial charge < -0.3 is 47.5 Å². The number of ether oxygens (including phenoxy) is 1. The van der Waals surface area contributed by atoms with E-state index in [-0.39, 0.29) is 35.1 Å². The zero-order chi connectivity index (χ0) is 96.7. The highest BCUT2D eigenvalue weighted by atomic mass is 35.5. The van der Waals surface area contributed by atoms with Crippen molar-refractivity contribution in [3.63, 3.8) is 0 Å². The molecule has 0 spiro atoms. The molecule has 4 aliphatic heterocycles. The summed E-state index contributed by atoms with van der Waals surface area (Å²) in [6.07, 6.45) is -7.35. The second-order valence-corrected chi connectivity index (χ2v) is 37.8. The standard InChI is InChI=1S/C27H31F3N2O2.C25H26Cl2F3N3O.C25H25Cl2F3N2O.C24H23Cl2F3N2O/c1-16-9-10-20(26(33)32-11-7-6-8-12-32)18(3)24(16)25(34-5)23-15-21-17(2)13-19(27(28,29)30)14-22(21)31(23)4;1-31(2)17-8-10-33(11-9-17)24(34)19-6-7-21(26)20(23(19)27)14-18-12-15-4-5-16(25(28,29)30)13-22(15)32(18)3;1-3-15-8-10-32(11-9-15)24(33)19-6-7-21(26)20(23(19)27)14-18-12-16-4-5-17(25(28,29)30)13-22(16)31(18)2;1-14-7-9-31(10-8-14)23(32)18-5-6-20(25)19(22(18)26)13-17-11-15-3-4-16(24(27,28)29)12-21(15)30(17)2/h9-10,13-15,25H,6-8,11-12H2,1-5H3;4-7,12-13,17H,8-11,14H2,1-3H3;4-7,12-13,15H,3,8-11,14H2,1-2H3;3-6,11-12,14H,7-10,13H2,1-2H3. The summed E-state index contributed by atoms with van der Waals surface area (Å²) in [5.41, 5.74) is 9.01. The molecule has 133 heavy (non-hydrogen) atoms. The molecule has 4 saturated heterocycles. The maximum Gasteiger partial charge on any atom is 0.416 e. The number of carbonyl (C=O) groups is 4. The van der Waals surface area contributed by atoms with Crippen LogP contribution in [0.2, 0.25) is 30.1 Å². The van der Waals surface area contributed by atoms with Crippen LogP contribution in [0.4, 0.5) is 52.7 Å². The van der Waals surface area contributed by atoms with E-state index in [1.807, 2.05) is 83.9 Å². The van der Waals surface area contributed by atoms with Crippen LogP contribution in [0.1, 0.15) is 210 Å². The van der Waals surface area contributed by atoms with Gasteiger partial charge in [0.15, 0.2) is 0 Å². The smallest absolute Gasteiger partial charge is 0.370 e. The molecule has 12 aromatic rings. The molecular weight excluding hydrogens is 1860 g/mol. The van der Waals surface area contributed by atoms with Crippen molar-refractivity contribution >= 4 is 137 Å². The number of aryl methyl sites for hydroxylation is 6. The zero-order valence-corrected chi connectivity index (χ0v) is 80.3. The van der Waals surface area contributed by atoms with Crippen molar-refractivity contribution in [2.24, 2.45) is 40.0 Å². The molecule has 8 aromatic carbocycles. The van der Waals surface area contributed by atoms with Gasteiger partial charge in [0.2, 0.25) is 0 Å². The number of aromatic nitrogens is 4. The summed E-state index contributed by atoms with van der Waals surface area (Å²) in [7, 11) is 12.6. The van der Waals surface area contributed by atoms with Crippen LogP contribution in [-0.2, 0) is 76.9 Å². The van der Waals surface area contributed by atoms with Gasteiger partial charge in [-0.05, 0) is 275 Å². The fourth-order valence-corrected chi connectivity index (χ4v) is 20.3. The first-order chi connectivity index (χ1) is 62.7. The van der Waals surface area contributed by atoms with E-state index in [0.717, 1.165) is 159 Å². The van der Waals surface area contributed by atoms with Crippen LogP contribution in [0.25, 0.3) is 43.6 Å². The summed E-state index contributed by atoms with van der Waals surface area (Å²) >= 11 is 39.4. The van der Waals surface area contributed by atoms with Crippen LogP contribution >= 0.6 is 69.6 Å². The van der Waals surface area contributed by atoms with Gasteiger partial charge in [0.1, 0.15) is 6.10 Å². The van der Waals surface area contributed by atoms with E-state index >= 15 is 0 Å². The molecule has 0 N–H and O–H groups in total. The monoisotopic (exact) mass is 1960 g/mol. The first kappa shape index (κ1) is 101. The van der Waals surface area contributed by atoms with E-state index < -0.39 is 53.1 Å². The topological polar surface area (TPSA) is 113 Å². The SMILES string of the molecule is CC1CCN(C(=O)c2ccc(Cl)c(Cc3cc4ccc(C(F)(F)F)cc4n3C)c2Cl)CC1.CCC1CCN(C(=O)c2ccc(Cl)c(Cc3cc4ccc(C(F)(F)F)cc4n3C)c2Cl)CC1.CN(C)C1CCN(C(=O)c2ccc(Cl)c(Cc3cc4ccc(C(F)(F)F)cc4n3C)c2Cl)CC1.COC(c1c(C)ccc(C(=O)N2CCCCC2)c1C)c1cc2c(C)cc(C(F)(F)F)cc2n1C. The summed E-state index contributed by atoms with van der Waals surface area (Å²) < 4.78 is 171. The number of hydrogen-bond acceptors (Lipinski definition) is 6. The van der Waals surface area contributed by atoms with E-state index in [4.69, 9.17) is 74.3 Å². The number of piperidine rings is 4. The molecule has 0 radical (unpaired) electrons. The molecule has 16 rings (SSSR count). The second kappa shape index (κ2) is 41.3. The number of fused-ring (bicyclic) bond motifs is 4. The van der Waals surface area contributed by atoms with Gasteiger partial charge in [0.05, 0.1) is 59.7 Å². The number of amides is 4. The Balaban J connectivity index is 0.000000151. The number of halogens is 18. The van der Waals surface area contributed by atoms with Gasteiger partial charge in [0, 0.05) is 178 Å². The van der Waals surface area contributed by atoms with Crippen molar-refractivity contribution in [2.45, 2.75) is 155 Å². The number of carbonyl (C=O) groups excluding carboxylic acids is 4. The first-order valence-electron chi connectivity index (χ1n) is 44.2. The van der Waals surface area contributed by atoms with Crippen LogP contribution in [0.15, 0.2) is 140 Å². The van der Waals surface area contributed by atoms with Gasteiger partial charge in [-0.3, -0.25) is 19.2 Å². The van der Waals surface area contributed by atoms with E-state index in [0.29, 0.717) is 178 Å². The lowest BCUT2D eigenvalue weighted by Crippen LogP contribution is -2.44. The van der Waals surface area contributed by atoms with E-state index in [2.05, 4.69) is 18.7 Å². The third kappa shape index (κ3) is 22.2. The second-order valence-electron chi connectivity index (χ2n) is 35.5. The lowest BCUT2D eigenvalue weighted by atomic mass is 9.91. The number of benzene rings is 8. The summed E-state index contributed by atoms with van der Waals surface area (Å²) in [4.78, 5) is 62.3. The molecule has 1 atom stereocenters. The third-order valence-electron chi connectivity index (χ3n) is 26.9. The lowest BCUT2D eigenvalue weighted by Gasteiger charge is -2.35. The van der Waals surface area contributed by atoms with E-state index in [1.165, 1.54) is 30.3 Å². The van der Waals surface area contributed by atoms with Crippen molar-refractivity contribution < 1.29 is 76.6 Å². The average molecular weight is 1970 g/mol. The van der Waals surface area contributed by atoms with Crippen molar-refractivity contribution in [2.75, 3.05) is 73.6 Å². The Bertz CT molecular complexity index is 6360. The van der Waals surface area contributed by atoms with Crippen molar-refractivity contribution in [3.05, 3.63) is 276 Å². The maximum atomic E-state index is 13.4. The quantitative estimate of drug-likeness (QED) is 0.0945. The molecule has 0 aliphatic carbocycles. The lowest BCUT2D eigenvalue weighted by molar-refractivity contribution is -0.138. The summed E-state index contributed by atoms with van der Waals surface area (Å²) in [5, 5.41) is 4.95. The van der Waals surface area contributed by atoms with Crippen LogP contribution in [0.5, 0.6) is 0 Å². The highest BCUT2D eigenvalue weighted by Gasteiger charge is 2.38. The van der Waals surface area contributed by atoms with Crippen molar-refractivity contribution in [1.29, 1.82) is 0 Å². The number of hydrogen-bond donors (Lipinski definition) is 0. The van der Waals surface area contributed by atoms with Gasteiger partial charge in [-0.25, -0.2) is 0 Å². The molecule has 4 fully saturated rings. The Hall–Kier alpha value is -9.38. The van der Waals surface area contributed by atoms with E-state index in [9.17, 15) is 71.9 Å². The van der Waals surface area contributed by atoms with Crippen molar-refractivity contribution in [1.82, 2.24) is 42.8 Å². The Kier molecular flexibility index (Phi) is 31.4. The molecule has 4 amide bonds. The largest absolute Gasteiger partial charge is 0.416 e. The van der Waals surface area contributed by atoms with Crippen LogP contribution < -0.4 is 0 Å². The predicted octanol–water partition coefficient (Wildman–Crippen LogP) is 27.1. The number of alkyl halides is 12. The number of rotatable bonds is 15. The summed E-state index contributed by atoms with van der Waals surface area (Å²) in [6.45, 7) is 15.6. The Morgan fingerprint density at radius 3 is 1.11 bits per heavy atom. The molecule has 8 heterocycles. The fourth-order valence-electron chi connectivity index (χ4n) is 18.6. The summed E-state index contributed by atoms with van der Waals surface area (Å²) in [6, 6.07) is 34.9. The first-order valence-corrected chi connectivity index (χ1v) is 46.4. The molecule has 14 nitrogen and oxygen atoms in total. The Labute approximate surface area is 795 Å². The Morgan fingerprint density at radius 2 is 0.752 bits per heavy atom. The third-order valence-corrected chi connectivity index (χ3v) is 29.2. The minimum atomic E-state index is -4.42. The minimum Gasteiger partial charge on any atom is -0.370 e. The number of methoxy groups -OCH3 is 1.